The third kappa shape index (κ3) is 3.56. The molecule has 1 heterocycles. The molecule has 0 bridgehead atoms. The molecule has 0 saturated carbocycles. The smallest absolute Gasteiger partial charge is 0.255 e. The molecule has 3 N–H and O–H groups in total. The summed E-state index contributed by atoms with van der Waals surface area (Å²) in [6.45, 7) is 2.40. The molecule has 2 aromatic rings. The van der Waals surface area contributed by atoms with Crippen molar-refractivity contribution < 1.29 is 4.79 Å². The maximum Gasteiger partial charge on any atom is 0.255 e. The number of benzene rings is 1. The van der Waals surface area contributed by atoms with Gasteiger partial charge >= 0.3 is 0 Å². The summed E-state index contributed by atoms with van der Waals surface area (Å²) in [5, 5.41) is 3.23. The summed E-state index contributed by atoms with van der Waals surface area (Å²) in [5.41, 5.74) is 8.55. The Kier molecular flexibility index (Phi) is 4.71. The molecule has 0 aliphatic rings. The van der Waals surface area contributed by atoms with Crippen molar-refractivity contribution in [1.29, 1.82) is 0 Å². The second-order valence-electron chi connectivity index (χ2n) is 4.46. The van der Waals surface area contributed by atoms with Crippen LogP contribution in [0.5, 0.6) is 0 Å². The van der Waals surface area contributed by atoms with Gasteiger partial charge in [-0.1, -0.05) is 23.7 Å². The summed E-state index contributed by atoms with van der Waals surface area (Å²) in [6, 6.07) is 10.8. The van der Waals surface area contributed by atoms with E-state index in [0.717, 1.165) is 12.0 Å². The number of aromatic nitrogens is 1. The number of amides is 1. The Labute approximate surface area is 123 Å². The van der Waals surface area contributed by atoms with E-state index in [1.165, 1.54) is 0 Å². The van der Waals surface area contributed by atoms with E-state index in [9.17, 15) is 4.79 Å². The average Bonchev–Trinajstić information content (AvgIpc) is 2.43. The van der Waals surface area contributed by atoms with Crippen LogP contribution in [0.3, 0.4) is 0 Å². The van der Waals surface area contributed by atoms with E-state index in [0.29, 0.717) is 28.6 Å². The first-order valence-corrected chi connectivity index (χ1v) is 6.71. The normalized spacial score (nSPS) is 10.3. The Morgan fingerprint density at radius 1 is 1.25 bits per heavy atom. The molecule has 1 amide bonds. The van der Waals surface area contributed by atoms with E-state index in [-0.39, 0.29) is 5.91 Å². The number of carbonyl (C=O) groups is 1. The van der Waals surface area contributed by atoms with E-state index in [1.54, 1.807) is 31.2 Å². The van der Waals surface area contributed by atoms with Crippen molar-refractivity contribution in [2.24, 2.45) is 5.73 Å². The number of anilines is 1. The van der Waals surface area contributed by atoms with Crippen LogP contribution in [-0.4, -0.2) is 17.4 Å². The first kappa shape index (κ1) is 14.5. The Hall–Kier alpha value is -1.91. The van der Waals surface area contributed by atoms with Crippen molar-refractivity contribution in [3.8, 4) is 0 Å². The van der Waals surface area contributed by atoms with Crippen molar-refractivity contribution in [2.45, 2.75) is 13.3 Å². The zero-order valence-corrected chi connectivity index (χ0v) is 11.9. The maximum atomic E-state index is 12.1. The highest BCUT2D eigenvalue weighted by Gasteiger charge is 2.08. The lowest BCUT2D eigenvalue weighted by Crippen LogP contribution is -2.13. The third-order valence-electron chi connectivity index (χ3n) is 2.95. The van der Waals surface area contributed by atoms with Gasteiger partial charge in [0, 0.05) is 5.56 Å². The molecule has 5 heteroatoms. The molecule has 1 aromatic heterocycles. The van der Waals surface area contributed by atoms with Crippen LogP contribution >= 0.6 is 11.6 Å². The molecule has 0 unspecified atom stereocenters. The molecule has 4 nitrogen and oxygen atoms in total. The van der Waals surface area contributed by atoms with Crippen LogP contribution in [0.25, 0.3) is 0 Å². The van der Waals surface area contributed by atoms with E-state index >= 15 is 0 Å². The largest absolute Gasteiger partial charge is 0.330 e. The lowest BCUT2D eigenvalue weighted by Gasteiger charge is -2.08. The van der Waals surface area contributed by atoms with Gasteiger partial charge in [0.15, 0.2) is 0 Å². The van der Waals surface area contributed by atoms with Crippen LogP contribution in [0, 0.1) is 6.92 Å². The highest BCUT2D eigenvalue weighted by atomic mass is 35.5. The van der Waals surface area contributed by atoms with E-state index in [2.05, 4.69) is 10.3 Å². The van der Waals surface area contributed by atoms with Crippen LogP contribution < -0.4 is 11.1 Å². The van der Waals surface area contributed by atoms with Crippen LogP contribution in [0.15, 0.2) is 36.4 Å². The number of nitrogens with one attached hydrogen (secondary N) is 1. The minimum Gasteiger partial charge on any atom is -0.330 e. The summed E-state index contributed by atoms with van der Waals surface area (Å²) in [7, 11) is 0. The SMILES string of the molecule is Cc1nc(Cl)ccc1NC(=O)c1ccc(CCN)cc1. The number of nitrogens with zero attached hydrogens (tertiary/aromatic N) is 1. The van der Waals surface area contributed by atoms with Gasteiger partial charge in [0.2, 0.25) is 0 Å². The Balaban J connectivity index is 2.11. The molecule has 0 aliphatic carbocycles. The van der Waals surface area contributed by atoms with Gasteiger partial charge in [-0.05, 0) is 49.7 Å². The zero-order chi connectivity index (χ0) is 14.5. The fraction of sp³-hybridized carbons (Fsp3) is 0.200. The van der Waals surface area contributed by atoms with Gasteiger partial charge in [-0.25, -0.2) is 4.98 Å². The minimum absolute atomic E-state index is 0.170. The van der Waals surface area contributed by atoms with Crippen LogP contribution in [0.2, 0.25) is 5.15 Å². The van der Waals surface area contributed by atoms with Gasteiger partial charge in [0.1, 0.15) is 5.15 Å². The summed E-state index contributed by atoms with van der Waals surface area (Å²) in [4.78, 5) is 16.2. The quantitative estimate of drug-likeness (QED) is 0.851. The number of halogens is 1. The summed E-state index contributed by atoms with van der Waals surface area (Å²) >= 11 is 5.78. The van der Waals surface area contributed by atoms with Gasteiger partial charge in [-0.15, -0.1) is 0 Å². The van der Waals surface area contributed by atoms with Crippen molar-refractivity contribution in [3.05, 3.63) is 58.4 Å². The first-order chi connectivity index (χ1) is 9.60. The Morgan fingerprint density at radius 3 is 2.55 bits per heavy atom. The molecular formula is C15H16ClN3O. The number of nitrogens with two attached hydrogens (primary N) is 1. The average molecular weight is 290 g/mol. The molecule has 0 spiro atoms. The second kappa shape index (κ2) is 6.50. The second-order valence-corrected chi connectivity index (χ2v) is 4.84. The number of aryl methyl sites for hydroxylation is 1. The minimum atomic E-state index is -0.170. The molecular weight excluding hydrogens is 274 g/mol. The Morgan fingerprint density at radius 2 is 1.95 bits per heavy atom. The molecule has 0 fully saturated rings. The van der Waals surface area contributed by atoms with Gasteiger partial charge in [-0.2, -0.15) is 0 Å². The molecule has 0 atom stereocenters. The summed E-state index contributed by atoms with van der Waals surface area (Å²) in [5.74, 6) is -0.170. The number of rotatable bonds is 4. The molecule has 0 aliphatic heterocycles. The highest BCUT2D eigenvalue weighted by Crippen LogP contribution is 2.17. The van der Waals surface area contributed by atoms with E-state index in [4.69, 9.17) is 17.3 Å². The van der Waals surface area contributed by atoms with Crippen LogP contribution in [0.4, 0.5) is 5.69 Å². The predicted octanol–water partition coefficient (Wildman–Crippen LogP) is 2.80. The number of hydrogen-bond donors (Lipinski definition) is 2. The van der Waals surface area contributed by atoms with Crippen LogP contribution in [0.1, 0.15) is 21.6 Å². The molecule has 0 radical (unpaired) electrons. The summed E-state index contributed by atoms with van der Waals surface area (Å²) < 4.78 is 0. The van der Waals surface area contributed by atoms with E-state index in [1.807, 2.05) is 12.1 Å². The fourth-order valence-corrected chi connectivity index (χ4v) is 2.04. The lowest BCUT2D eigenvalue weighted by atomic mass is 10.1. The monoisotopic (exact) mass is 289 g/mol. The third-order valence-corrected chi connectivity index (χ3v) is 3.16. The van der Waals surface area contributed by atoms with E-state index < -0.39 is 0 Å². The fourth-order valence-electron chi connectivity index (χ4n) is 1.85. The zero-order valence-electron chi connectivity index (χ0n) is 11.2. The highest BCUT2D eigenvalue weighted by molar-refractivity contribution is 6.29. The molecule has 2 rings (SSSR count). The molecule has 20 heavy (non-hydrogen) atoms. The van der Waals surface area contributed by atoms with Crippen LogP contribution in [-0.2, 0) is 6.42 Å². The standard InChI is InChI=1S/C15H16ClN3O/c1-10-13(6-7-14(16)18-10)19-15(20)12-4-2-11(3-5-12)8-9-17/h2-7H,8-9,17H2,1H3,(H,19,20). The first-order valence-electron chi connectivity index (χ1n) is 6.33. The number of pyridine rings is 1. The number of carbonyl (C=O) groups excluding carboxylic acids is 1. The molecule has 104 valence electrons. The predicted molar refractivity (Wildman–Crippen MR) is 81.1 cm³/mol. The summed E-state index contributed by atoms with van der Waals surface area (Å²) in [6.07, 6.45) is 0.808. The van der Waals surface area contributed by atoms with Crippen molar-refractivity contribution in [3.63, 3.8) is 0 Å². The van der Waals surface area contributed by atoms with Crippen molar-refractivity contribution in [1.82, 2.24) is 4.98 Å². The molecule has 1 aromatic carbocycles. The van der Waals surface area contributed by atoms with Crippen molar-refractivity contribution >= 4 is 23.2 Å². The lowest BCUT2D eigenvalue weighted by molar-refractivity contribution is 0.102. The maximum absolute atomic E-state index is 12.1. The topological polar surface area (TPSA) is 68.0 Å². The Bertz CT molecular complexity index is 611. The molecule has 0 saturated heterocycles. The number of hydrogen-bond acceptors (Lipinski definition) is 3. The van der Waals surface area contributed by atoms with Gasteiger partial charge in [-0.3, -0.25) is 4.79 Å². The van der Waals surface area contributed by atoms with Gasteiger partial charge in [0.05, 0.1) is 11.4 Å². The van der Waals surface area contributed by atoms with Gasteiger partial charge in [0.25, 0.3) is 5.91 Å². The van der Waals surface area contributed by atoms with Crippen molar-refractivity contribution in [2.75, 3.05) is 11.9 Å². The van der Waals surface area contributed by atoms with Gasteiger partial charge < -0.3 is 11.1 Å².